The fraction of sp³-hybridized carbons (Fsp3) is 0.222. The van der Waals surface area contributed by atoms with Crippen LogP contribution in [-0.4, -0.2) is 20.1 Å². The van der Waals surface area contributed by atoms with E-state index in [-0.39, 0.29) is 5.91 Å². The van der Waals surface area contributed by atoms with Crippen molar-refractivity contribution in [2.24, 2.45) is 0 Å². The second-order valence-electron chi connectivity index (χ2n) is 2.42. The molecule has 13 heavy (non-hydrogen) atoms. The Hall–Kier alpha value is -1.03. The zero-order chi connectivity index (χ0) is 9.84. The molecule has 0 spiro atoms. The first-order chi connectivity index (χ1) is 6.19. The number of amides is 1. The number of methoxy groups -OCH3 is 1. The van der Waals surface area contributed by atoms with Gasteiger partial charge in [-0.1, -0.05) is 15.9 Å². The van der Waals surface area contributed by atoms with Crippen LogP contribution in [0.15, 0.2) is 22.7 Å². The molecule has 1 amide bonds. The molecule has 3 nitrogen and oxygen atoms in total. The molecule has 0 bridgehead atoms. The maximum atomic E-state index is 11.3. The van der Waals surface area contributed by atoms with Crippen LogP contribution in [0.5, 0.6) is 5.75 Å². The minimum absolute atomic E-state index is 0.154. The molecule has 1 aromatic carbocycles. The largest absolute Gasteiger partial charge is 0.496 e. The number of ether oxygens (including phenoxy) is 1. The monoisotopic (exact) mass is 243 g/mol. The Morgan fingerprint density at radius 3 is 2.77 bits per heavy atom. The van der Waals surface area contributed by atoms with Crippen molar-refractivity contribution in [3.8, 4) is 5.75 Å². The molecule has 0 heterocycles. The van der Waals surface area contributed by atoms with E-state index in [4.69, 9.17) is 4.74 Å². The van der Waals surface area contributed by atoms with E-state index < -0.39 is 0 Å². The third kappa shape index (κ3) is 2.21. The lowest BCUT2D eigenvalue weighted by Gasteiger charge is -2.06. The van der Waals surface area contributed by atoms with E-state index in [1.54, 1.807) is 19.2 Å². The quantitative estimate of drug-likeness (QED) is 0.861. The highest BCUT2D eigenvalue weighted by atomic mass is 79.9. The highest BCUT2D eigenvalue weighted by molar-refractivity contribution is 9.10. The molecule has 0 aliphatic heterocycles. The fourth-order valence-electron chi connectivity index (χ4n) is 0.992. The summed E-state index contributed by atoms with van der Waals surface area (Å²) in [4.78, 5) is 11.3. The highest BCUT2D eigenvalue weighted by Gasteiger charge is 2.10. The molecule has 4 heteroatoms. The first-order valence-electron chi connectivity index (χ1n) is 3.74. The van der Waals surface area contributed by atoms with E-state index in [1.807, 2.05) is 6.07 Å². The molecule has 1 N–H and O–H groups in total. The Bertz CT molecular complexity index is 325. The normalized spacial score (nSPS) is 9.46. The van der Waals surface area contributed by atoms with Crippen molar-refractivity contribution in [1.82, 2.24) is 5.32 Å². The van der Waals surface area contributed by atoms with Gasteiger partial charge in [-0.15, -0.1) is 0 Å². The van der Waals surface area contributed by atoms with Crippen molar-refractivity contribution in [2.75, 3.05) is 14.2 Å². The van der Waals surface area contributed by atoms with E-state index in [2.05, 4.69) is 21.2 Å². The maximum Gasteiger partial charge on any atom is 0.254 e. The Labute approximate surface area is 85.2 Å². The third-order valence-electron chi connectivity index (χ3n) is 1.63. The van der Waals surface area contributed by atoms with Crippen LogP contribution in [0.3, 0.4) is 0 Å². The number of benzene rings is 1. The van der Waals surface area contributed by atoms with Crippen molar-refractivity contribution in [1.29, 1.82) is 0 Å². The number of hydrogen-bond acceptors (Lipinski definition) is 2. The van der Waals surface area contributed by atoms with Gasteiger partial charge in [0.05, 0.1) is 12.7 Å². The van der Waals surface area contributed by atoms with Gasteiger partial charge in [0.1, 0.15) is 5.75 Å². The summed E-state index contributed by atoms with van der Waals surface area (Å²) in [6.45, 7) is 0. The first kappa shape index (κ1) is 10.1. The molecule has 0 aliphatic carbocycles. The van der Waals surface area contributed by atoms with Crippen LogP contribution in [0.2, 0.25) is 0 Å². The lowest BCUT2D eigenvalue weighted by Crippen LogP contribution is -2.18. The number of carbonyl (C=O) groups excluding carboxylic acids is 1. The minimum Gasteiger partial charge on any atom is -0.496 e. The van der Waals surface area contributed by atoms with Gasteiger partial charge in [-0.05, 0) is 18.2 Å². The molecule has 0 unspecified atom stereocenters. The standard InChI is InChI=1S/C9H10BrNO2/c1-11-9(12)7-5-6(10)3-4-8(7)13-2/h3-5H,1-2H3,(H,11,12). The van der Waals surface area contributed by atoms with Gasteiger partial charge in [-0.3, -0.25) is 4.79 Å². The predicted octanol–water partition coefficient (Wildman–Crippen LogP) is 1.82. The number of rotatable bonds is 2. The lowest BCUT2D eigenvalue weighted by atomic mass is 10.2. The van der Waals surface area contributed by atoms with Gasteiger partial charge in [0.15, 0.2) is 0 Å². The molecule has 70 valence electrons. The number of carbonyl (C=O) groups is 1. The minimum atomic E-state index is -0.154. The van der Waals surface area contributed by atoms with Gasteiger partial charge >= 0.3 is 0 Å². The second kappa shape index (κ2) is 4.28. The topological polar surface area (TPSA) is 38.3 Å². The number of halogens is 1. The molecule has 0 saturated heterocycles. The van der Waals surface area contributed by atoms with Crippen molar-refractivity contribution in [2.45, 2.75) is 0 Å². The van der Waals surface area contributed by atoms with E-state index in [0.29, 0.717) is 11.3 Å². The van der Waals surface area contributed by atoms with Crippen LogP contribution in [0, 0.1) is 0 Å². The fourth-order valence-corrected chi connectivity index (χ4v) is 1.35. The van der Waals surface area contributed by atoms with Gasteiger partial charge < -0.3 is 10.1 Å². The lowest BCUT2D eigenvalue weighted by molar-refractivity contribution is 0.0960. The summed E-state index contributed by atoms with van der Waals surface area (Å²) in [5.41, 5.74) is 0.527. The molecule has 1 rings (SSSR count). The average Bonchev–Trinajstić information content (AvgIpc) is 2.16. The molecule has 0 aromatic heterocycles. The third-order valence-corrected chi connectivity index (χ3v) is 2.13. The summed E-state index contributed by atoms with van der Waals surface area (Å²) in [7, 11) is 3.12. The van der Waals surface area contributed by atoms with Crippen LogP contribution in [0.25, 0.3) is 0 Å². The summed E-state index contributed by atoms with van der Waals surface area (Å²) < 4.78 is 5.90. The van der Waals surface area contributed by atoms with Crippen LogP contribution in [0.4, 0.5) is 0 Å². The summed E-state index contributed by atoms with van der Waals surface area (Å²) in [6.07, 6.45) is 0. The SMILES string of the molecule is CNC(=O)c1cc(Br)ccc1OC. The summed E-state index contributed by atoms with van der Waals surface area (Å²) >= 11 is 3.29. The highest BCUT2D eigenvalue weighted by Crippen LogP contribution is 2.22. The smallest absolute Gasteiger partial charge is 0.254 e. The molecular weight excluding hydrogens is 234 g/mol. The molecule has 0 aliphatic rings. The maximum absolute atomic E-state index is 11.3. The van der Waals surface area contributed by atoms with Crippen LogP contribution in [-0.2, 0) is 0 Å². The zero-order valence-electron chi connectivity index (χ0n) is 7.43. The van der Waals surface area contributed by atoms with Crippen molar-refractivity contribution < 1.29 is 9.53 Å². The Balaban J connectivity index is 3.15. The predicted molar refractivity (Wildman–Crippen MR) is 54.1 cm³/mol. The van der Waals surface area contributed by atoms with Gasteiger partial charge in [0, 0.05) is 11.5 Å². The van der Waals surface area contributed by atoms with Crippen molar-refractivity contribution >= 4 is 21.8 Å². The van der Waals surface area contributed by atoms with Gasteiger partial charge in [-0.25, -0.2) is 0 Å². The molecule has 1 aromatic rings. The Morgan fingerprint density at radius 1 is 1.54 bits per heavy atom. The number of nitrogens with one attached hydrogen (secondary N) is 1. The van der Waals surface area contributed by atoms with E-state index >= 15 is 0 Å². The van der Waals surface area contributed by atoms with Crippen molar-refractivity contribution in [3.63, 3.8) is 0 Å². The Morgan fingerprint density at radius 2 is 2.23 bits per heavy atom. The molecule has 0 atom stereocenters. The average molecular weight is 244 g/mol. The Kier molecular flexibility index (Phi) is 3.31. The van der Waals surface area contributed by atoms with Crippen LogP contribution >= 0.6 is 15.9 Å². The molecule has 0 radical (unpaired) electrons. The second-order valence-corrected chi connectivity index (χ2v) is 3.34. The molecule has 0 saturated carbocycles. The van der Waals surface area contributed by atoms with Gasteiger partial charge in [0.2, 0.25) is 0 Å². The summed E-state index contributed by atoms with van der Waals surface area (Å²) in [6, 6.07) is 5.29. The first-order valence-corrected chi connectivity index (χ1v) is 4.54. The van der Waals surface area contributed by atoms with Crippen LogP contribution in [0.1, 0.15) is 10.4 Å². The summed E-state index contributed by atoms with van der Waals surface area (Å²) in [5.74, 6) is 0.417. The van der Waals surface area contributed by atoms with Gasteiger partial charge in [-0.2, -0.15) is 0 Å². The van der Waals surface area contributed by atoms with Gasteiger partial charge in [0.25, 0.3) is 5.91 Å². The van der Waals surface area contributed by atoms with E-state index in [0.717, 1.165) is 4.47 Å². The van der Waals surface area contributed by atoms with E-state index in [1.165, 1.54) is 7.11 Å². The molecular formula is C9H10BrNO2. The summed E-state index contributed by atoms with van der Waals surface area (Å²) in [5, 5.41) is 2.54. The number of hydrogen-bond donors (Lipinski definition) is 1. The van der Waals surface area contributed by atoms with Crippen molar-refractivity contribution in [3.05, 3.63) is 28.2 Å². The van der Waals surface area contributed by atoms with Crippen LogP contribution < -0.4 is 10.1 Å². The zero-order valence-corrected chi connectivity index (χ0v) is 9.01. The molecule has 0 fully saturated rings. The van der Waals surface area contributed by atoms with E-state index in [9.17, 15) is 4.79 Å².